The van der Waals surface area contributed by atoms with Crippen molar-refractivity contribution in [3.63, 3.8) is 0 Å². The van der Waals surface area contributed by atoms with Gasteiger partial charge >= 0.3 is 0 Å². The van der Waals surface area contributed by atoms with Crippen LogP contribution in [-0.2, 0) is 0 Å². The van der Waals surface area contributed by atoms with E-state index >= 15 is 0 Å². The average molecular weight is 222 g/mol. The van der Waals surface area contributed by atoms with Crippen LogP contribution in [-0.4, -0.2) is 6.54 Å². The van der Waals surface area contributed by atoms with Gasteiger partial charge in [0.05, 0.1) is 0 Å². The van der Waals surface area contributed by atoms with Gasteiger partial charge in [0.25, 0.3) is 0 Å². The Hall–Kier alpha value is -1.02. The van der Waals surface area contributed by atoms with E-state index in [9.17, 15) is 0 Å². The van der Waals surface area contributed by atoms with Gasteiger partial charge in [-0.3, -0.25) is 0 Å². The first kappa shape index (κ1) is 15.0. The molecule has 0 saturated carbocycles. The summed E-state index contributed by atoms with van der Waals surface area (Å²) in [4.78, 5) is 0. The van der Waals surface area contributed by atoms with Crippen LogP contribution in [0.25, 0.3) is 0 Å². The van der Waals surface area contributed by atoms with Crippen LogP contribution in [0.2, 0.25) is 0 Å². The number of benzene rings is 1. The highest BCUT2D eigenvalue weighted by molar-refractivity contribution is 5.35. The molecule has 2 nitrogen and oxygen atoms in total. The molecular formula is C14H26N2. The van der Waals surface area contributed by atoms with Crippen LogP contribution >= 0.6 is 0 Å². The topological polar surface area (TPSA) is 52.0 Å². The van der Waals surface area contributed by atoms with Crippen LogP contribution in [0, 0.1) is 0 Å². The number of hydrogen-bond donors (Lipinski definition) is 2. The number of hydrogen-bond acceptors (Lipinski definition) is 2. The molecule has 0 heterocycles. The van der Waals surface area contributed by atoms with Crippen LogP contribution in [0.15, 0.2) is 30.3 Å². The average Bonchev–Trinajstić information content (AvgIpc) is 2.31. The molecule has 0 fully saturated rings. The van der Waals surface area contributed by atoms with E-state index in [0.29, 0.717) is 0 Å². The lowest BCUT2D eigenvalue weighted by atomic mass is 10.1. The molecule has 0 aliphatic carbocycles. The van der Waals surface area contributed by atoms with E-state index in [4.69, 9.17) is 11.5 Å². The van der Waals surface area contributed by atoms with Gasteiger partial charge in [0.2, 0.25) is 0 Å². The molecule has 0 aliphatic rings. The summed E-state index contributed by atoms with van der Waals surface area (Å²) in [5.74, 6) is 0. The molecule has 0 amide bonds. The van der Waals surface area contributed by atoms with E-state index in [0.717, 1.165) is 12.2 Å². The molecule has 1 rings (SSSR count). The Morgan fingerprint density at radius 2 is 1.44 bits per heavy atom. The Labute approximate surface area is 100 Å². The molecule has 0 bridgehead atoms. The summed E-state index contributed by atoms with van der Waals surface area (Å²) in [5, 5.41) is 0. The van der Waals surface area contributed by atoms with Crippen molar-refractivity contribution in [2.45, 2.75) is 45.4 Å². The quantitative estimate of drug-likeness (QED) is 0.571. The third-order valence-corrected chi connectivity index (χ3v) is 2.36. The number of anilines is 1. The zero-order chi connectivity index (χ0) is 12.1. The monoisotopic (exact) mass is 222 g/mol. The molecule has 0 unspecified atom stereocenters. The van der Waals surface area contributed by atoms with Crippen molar-refractivity contribution >= 4 is 5.69 Å². The summed E-state index contributed by atoms with van der Waals surface area (Å²) in [7, 11) is 0. The largest absolute Gasteiger partial charge is 0.399 e. The second kappa shape index (κ2) is 12.1. The third kappa shape index (κ3) is 11.1. The molecule has 0 aliphatic heterocycles. The van der Waals surface area contributed by atoms with Gasteiger partial charge < -0.3 is 11.5 Å². The Morgan fingerprint density at radius 3 is 1.88 bits per heavy atom. The van der Waals surface area contributed by atoms with Gasteiger partial charge in [-0.05, 0) is 25.1 Å². The minimum Gasteiger partial charge on any atom is -0.399 e. The van der Waals surface area contributed by atoms with Crippen LogP contribution < -0.4 is 11.5 Å². The van der Waals surface area contributed by atoms with Crippen LogP contribution in [0.3, 0.4) is 0 Å². The maximum atomic E-state index is 5.36. The fourth-order valence-corrected chi connectivity index (χ4v) is 1.38. The molecule has 0 saturated heterocycles. The zero-order valence-corrected chi connectivity index (χ0v) is 10.5. The smallest absolute Gasteiger partial charge is 0.0313 e. The number of rotatable bonds is 6. The van der Waals surface area contributed by atoms with Gasteiger partial charge in [-0.2, -0.15) is 0 Å². The molecule has 0 spiro atoms. The number of nitrogens with two attached hydrogens (primary N) is 2. The molecule has 2 heteroatoms. The van der Waals surface area contributed by atoms with E-state index in [-0.39, 0.29) is 0 Å². The Morgan fingerprint density at radius 1 is 0.875 bits per heavy atom. The Bertz CT molecular complexity index is 215. The van der Waals surface area contributed by atoms with Crippen molar-refractivity contribution in [3.8, 4) is 0 Å². The highest BCUT2D eigenvalue weighted by atomic mass is 14.5. The van der Waals surface area contributed by atoms with E-state index in [1.165, 1.54) is 38.5 Å². The molecule has 0 aromatic heterocycles. The Balaban J connectivity index is 0.000000288. The second-order valence-electron chi connectivity index (χ2n) is 3.97. The maximum absolute atomic E-state index is 5.36. The summed E-state index contributed by atoms with van der Waals surface area (Å²) in [6, 6.07) is 9.49. The molecule has 0 radical (unpaired) electrons. The molecular weight excluding hydrogens is 196 g/mol. The summed E-state index contributed by atoms with van der Waals surface area (Å²) in [6.07, 6.45) is 8.05. The predicted molar refractivity (Wildman–Crippen MR) is 73.3 cm³/mol. The Kier molecular flexibility index (Phi) is 11.3. The fourth-order valence-electron chi connectivity index (χ4n) is 1.38. The van der Waals surface area contributed by atoms with Crippen molar-refractivity contribution < 1.29 is 0 Å². The first-order valence-electron chi connectivity index (χ1n) is 6.31. The van der Waals surface area contributed by atoms with Crippen molar-refractivity contribution in [1.29, 1.82) is 0 Å². The maximum Gasteiger partial charge on any atom is 0.0313 e. The molecule has 16 heavy (non-hydrogen) atoms. The minimum atomic E-state index is 0.822. The lowest BCUT2D eigenvalue weighted by Crippen LogP contribution is -1.97. The highest BCUT2D eigenvalue weighted by Crippen LogP contribution is 2.03. The predicted octanol–water partition coefficient (Wildman–Crippen LogP) is 3.57. The van der Waals surface area contributed by atoms with Crippen LogP contribution in [0.4, 0.5) is 5.69 Å². The van der Waals surface area contributed by atoms with Crippen molar-refractivity contribution in [2.75, 3.05) is 12.3 Å². The fraction of sp³-hybridized carbons (Fsp3) is 0.571. The first-order valence-corrected chi connectivity index (χ1v) is 6.31. The van der Waals surface area contributed by atoms with Crippen LogP contribution in [0.5, 0.6) is 0 Å². The number of unbranched alkanes of at least 4 members (excludes halogenated alkanes) is 5. The third-order valence-electron chi connectivity index (χ3n) is 2.36. The summed E-state index contributed by atoms with van der Waals surface area (Å²) >= 11 is 0. The van der Waals surface area contributed by atoms with Crippen LogP contribution in [0.1, 0.15) is 45.4 Å². The van der Waals surface area contributed by atoms with Gasteiger partial charge in [0, 0.05) is 5.69 Å². The van der Waals surface area contributed by atoms with Gasteiger partial charge in [-0.25, -0.2) is 0 Å². The molecule has 1 aromatic carbocycles. The lowest BCUT2D eigenvalue weighted by molar-refractivity contribution is 0.612. The van der Waals surface area contributed by atoms with E-state index in [1.54, 1.807) is 0 Å². The summed E-state index contributed by atoms with van der Waals surface area (Å²) in [6.45, 7) is 3.11. The van der Waals surface area contributed by atoms with Crippen molar-refractivity contribution in [1.82, 2.24) is 0 Å². The van der Waals surface area contributed by atoms with Gasteiger partial charge in [0.1, 0.15) is 0 Å². The minimum absolute atomic E-state index is 0.822. The first-order chi connectivity index (χ1) is 7.81. The van der Waals surface area contributed by atoms with Gasteiger partial charge in [-0.15, -0.1) is 0 Å². The summed E-state index contributed by atoms with van der Waals surface area (Å²) in [5.41, 5.74) is 11.5. The molecule has 1 aromatic rings. The zero-order valence-electron chi connectivity index (χ0n) is 10.5. The number of para-hydroxylation sites is 1. The van der Waals surface area contributed by atoms with Crippen molar-refractivity contribution in [2.24, 2.45) is 5.73 Å². The van der Waals surface area contributed by atoms with E-state index in [2.05, 4.69) is 6.92 Å². The second-order valence-corrected chi connectivity index (χ2v) is 3.97. The van der Waals surface area contributed by atoms with Gasteiger partial charge in [0.15, 0.2) is 0 Å². The standard InChI is InChI=1S/C8H19N.C6H7N/c1-2-3-4-5-6-7-8-9;7-6-4-2-1-3-5-6/h2-9H2,1H3;1-5H,7H2. The van der Waals surface area contributed by atoms with Gasteiger partial charge in [-0.1, -0.05) is 57.2 Å². The number of nitrogen functional groups attached to an aromatic ring is 1. The van der Waals surface area contributed by atoms with E-state index < -0.39 is 0 Å². The van der Waals surface area contributed by atoms with E-state index in [1.807, 2.05) is 30.3 Å². The highest BCUT2D eigenvalue weighted by Gasteiger charge is 1.85. The lowest BCUT2D eigenvalue weighted by Gasteiger charge is -1.96. The summed E-state index contributed by atoms with van der Waals surface area (Å²) < 4.78 is 0. The molecule has 92 valence electrons. The van der Waals surface area contributed by atoms with Crippen molar-refractivity contribution in [3.05, 3.63) is 30.3 Å². The normalized spacial score (nSPS) is 9.38. The molecule has 0 atom stereocenters. The molecule has 4 N–H and O–H groups in total. The SMILES string of the molecule is CCCCCCCCN.Nc1ccccc1.